The Morgan fingerprint density at radius 2 is 2.04 bits per heavy atom. The molecule has 3 rings (SSSR count). The lowest BCUT2D eigenvalue weighted by atomic mass is 9.88. The molecule has 2 atom stereocenters. The van der Waals surface area contributed by atoms with Crippen molar-refractivity contribution in [1.82, 2.24) is 5.32 Å². The van der Waals surface area contributed by atoms with Crippen molar-refractivity contribution in [1.29, 1.82) is 0 Å². The second kappa shape index (κ2) is 9.18. The number of ether oxygens (including phenoxy) is 2. The van der Waals surface area contributed by atoms with Gasteiger partial charge in [-0.25, -0.2) is 0 Å². The molecule has 0 aliphatic carbocycles. The van der Waals surface area contributed by atoms with E-state index in [0.717, 1.165) is 25.1 Å². The number of piperidine rings is 1. The second-order valence-electron chi connectivity index (χ2n) is 6.07. The van der Waals surface area contributed by atoms with Crippen LogP contribution in [0.25, 0.3) is 0 Å². The third-order valence-electron chi connectivity index (χ3n) is 4.28. The molecule has 24 heavy (non-hydrogen) atoms. The first kappa shape index (κ1) is 17.4. The summed E-state index contributed by atoms with van der Waals surface area (Å²) in [7, 11) is 0. The Kier molecular flexibility index (Phi) is 6.66. The van der Waals surface area contributed by atoms with E-state index in [4.69, 9.17) is 9.47 Å². The molecule has 1 aliphatic heterocycles. The summed E-state index contributed by atoms with van der Waals surface area (Å²) in [5.41, 5.74) is 1.19. The summed E-state index contributed by atoms with van der Waals surface area (Å²) in [5, 5.41) is 15.4. The van der Waals surface area contributed by atoms with E-state index >= 15 is 0 Å². The lowest BCUT2D eigenvalue weighted by molar-refractivity contribution is 0.109. The van der Waals surface area contributed by atoms with Crippen LogP contribution in [-0.2, 0) is 11.3 Å². The monoisotopic (exact) mass is 347 g/mol. The van der Waals surface area contributed by atoms with Crippen LogP contribution in [0, 0.1) is 0 Å². The number of hydrogen-bond donors (Lipinski definition) is 2. The van der Waals surface area contributed by atoms with Crippen LogP contribution >= 0.6 is 11.3 Å². The molecule has 0 radical (unpaired) electrons. The van der Waals surface area contributed by atoms with Crippen molar-refractivity contribution in [2.45, 2.75) is 31.5 Å². The highest BCUT2D eigenvalue weighted by molar-refractivity contribution is 7.09. The smallest absolute Gasteiger partial charge is 0.119 e. The van der Waals surface area contributed by atoms with Gasteiger partial charge in [0.1, 0.15) is 5.75 Å². The van der Waals surface area contributed by atoms with Gasteiger partial charge in [0, 0.05) is 23.8 Å². The quantitative estimate of drug-likeness (QED) is 0.720. The van der Waals surface area contributed by atoms with E-state index in [-0.39, 0.29) is 12.0 Å². The molecule has 0 bridgehead atoms. The molecule has 2 aromatic rings. The number of aliphatic hydroxyl groups excluding tert-OH is 1. The van der Waals surface area contributed by atoms with Gasteiger partial charge in [0.25, 0.3) is 0 Å². The summed E-state index contributed by atoms with van der Waals surface area (Å²) in [6.07, 6.45) is 1.55. The molecule has 130 valence electrons. The molecule has 5 heteroatoms. The zero-order valence-corrected chi connectivity index (χ0v) is 14.6. The molecular weight excluding hydrogens is 322 g/mol. The normalized spacial score (nSPS) is 20.9. The highest BCUT2D eigenvalue weighted by Gasteiger charge is 2.24. The fourth-order valence-electron chi connectivity index (χ4n) is 2.96. The Morgan fingerprint density at radius 3 is 2.79 bits per heavy atom. The van der Waals surface area contributed by atoms with Gasteiger partial charge in [-0.15, -0.1) is 11.3 Å². The molecule has 2 N–H and O–H groups in total. The van der Waals surface area contributed by atoms with E-state index in [1.807, 2.05) is 18.2 Å². The summed E-state index contributed by atoms with van der Waals surface area (Å²) < 4.78 is 11.4. The number of rotatable bonds is 8. The number of thiophene rings is 1. The number of β-amino-alcohol motifs (C(OH)–C–C–N with tert-alkyl or cyclic N) is 1. The highest BCUT2D eigenvalue weighted by atomic mass is 32.1. The van der Waals surface area contributed by atoms with Crippen LogP contribution in [0.3, 0.4) is 0 Å². The van der Waals surface area contributed by atoms with Crippen LogP contribution in [0.4, 0.5) is 0 Å². The van der Waals surface area contributed by atoms with Gasteiger partial charge in [-0.3, -0.25) is 0 Å². The van der Waals surface area contributed by atoms with Crippen molar-refractivity contribution in [3.63, 3.8) is 0 Å². The highest BCUT2D eigenvalue weighted by Crippen LogP contribution is 2.27. The van der Waals surface area contributed by atoms with Crippen molar-refractivity contribution >= 4 is 11.3 Å². The van der Waals surface area contributed by atoms with E-state index in [9.17, 15) is 5.11 Å². The molecule has 1 aromatic carbocycles. The summed E-state index contributed by atoms with van der Waals surface area (Å²) in [6.45, 7) is 3.68. The summed E-state index contributed by atoms with van der Waals surface area (Å²) >= 11 is 1.72. The van der Waals surface area contributed by atoms with Gasteiger partial charge in [0.2, 0.25) is 0 Å². The first-order valence-electron chi connectivity index (χ1n) is 8.54. The lowest BCUT2D eigenvalue weighted by Crippen LogP contribution is -2.39. The third-order valence-corrected chi connectivity index (χ3v) is 5.13. The fraction of sp³-hybridized carbons (Fsp3) is 0.474. The predicted octanol–water partition coefficient (Wildman–Crippen LogP) is 3.17. The Hall–Kier alpha value is -1.40. The van der Waals surface area contributed by atoms with Crippen molar-refractivity contribution in [2.75, 3.05) is 26.3 Å². The van der Waals surface area contributed by atoms with Gasteiger partial charge in [-0.05, 0) is 42.1 Å². The van der Waals surface area contributed by atoms with Crippen LogP contribution < -0.4 is 10.1 Å². The van der Waals surface area contributed by atoms with E-state index in [1.165, 1.54) is 10.4 Å². The average molecular weight is 347 g/mol. The topological polar surface area (TPSA) is 50.7 Å². The van der Waals surface area contributed by atoms with Crippen molar-refractivity contribution < 1.29 is 14.6 Å². The predicted molar refractivity (Wildman–Crippen MR) is 96.8 cm³/mol. The zero-order chi connectivity index (χ0) is 16.6. The van der Waals surface area contributed by atoms with E-state index in [2.05, 4.69) is 28.9 Å². The molecule has 2 heterocycles. The van der Waals surface area contributed by atoms with Crippen LogP contribution in [0.15, 0.2) is 41.8 Å². The number of aliphatic hydroxyl groups is 1. The van der Waals surface area contributed by atoms with Gasteiger partial charge >= 0.3 is 0 Å². The van der Waals surface area contributed by atoms with Gasteiger partial charge < -0.3 is 19.9 Å². The SMILES string of the molecule is OC1CNCCC1c1ccc(OCCCOCc2cccs2)cc1. The molecule has 1 saturated heterocycles. The minimum Gasteiger partial charge on any atom is -0.494 e. The maximum absolute atomic E-state index is 10.1. The largest absolute Gasteiger partial charge is 0.494 e. The first-order chi connectivity index (χ1) is 11.8. The molecule has 0 amide bonds. The summed E-state index contributed by atoms with van der Waals surface area (Å²) in [5.74, 6) is 1.10. The summed E-state index contributed by atoms with van der Waals surface area (Å²) in [6, 6.07) is 12.3. The zero-order valence-electron chi connectivity index (χ0n) is 13.8. The average Bonchev–Trinajstić information content (AvgIpc) is 3.12. The minimum absolute atomic E-state index is 0.228. The van der Waals surface area contributed by atoms with Crippen LogP contribution in [0.1, 0.15) is 29.2 Å². The molecule has 2 unspecified atom stereocenters. The molecule has 1 aliphatic rings. The van der Waals surface area contributed by atoms with Crippen LogP contribution in [0.5, 0.6) is 5.75 Å². The van der Waals surface area contributed by atoms with Crippen LogP contribution in [-0.4, -0.2) is 37.5 Å². The van der Waals surface area contributed by atoms with Crippen molar-refractivity contribution in [2.24, 2.45) is 0 Å². The number of hydrogen-bond acceptors (Lipinski definition) is 5. The molecule has 4 nitrogen and oxygen atoms in total. The third kappa shape index (κ3) is 5.05. The lowest BCUT2D eigenvalue weighted by Gasteiger charge is -2.28. The summed E-state index contributed by atoms with van der Waals surface area (Å²) in [4.78, 5) is 1.26. The molecule has 0 spiro atoms. The van der Waals surface area contributed by atoms with Crippen molar-refractivity contribution in [3.8, 4) is 5.75 Å². The Balaban J connectivity index is 1.35. The first-order valence-corrected chi connectivity index (χ1v) is 9.42. The van der Waals surface area contributed by atoms with Gasteiger partial charge in [0.05, 0.1) is 25.9 Å². The fourth-order valence-corrected chi connectivity index (χ4v) is 3.60. The Morgan fingerprint density at radius 1 is 1.17 bits per heavy atom. The van der Waals surface area contributed by atoms with Gasteiger partial charge in [0.15, 0.2) is 0 Å². The molecule has 0 saturated carbocycles. The molecule has 1 fully saturated rings. The van der Waals surface area contributed by atoms with Gasteiger partial charge in [-0.1, -0.05) is 18.2 Å². The Bertz CT molecular complexity index is 585. The van der Waals surface area contributed by atoms with Crippen molar-refractivity contribution in [3.05, 3.63) is 52.2 Å². The van der Waals surface area contributed by atoms with E-state index in [0.29, 0.717) is 26.4 Å². The molecule has 1 aromatic heterocycles. The number of nitrogens with one attached hydrogen (secondary N) is 1. The maximum Gasteiger partial charge on any atom is 0.119 e. The second-order valence-corrected chi connectivity index (χ2v) is 7.10. The number of benzene rings is 1. The standard InChI is InChI=1S/C19H25NO3S/c21-19-13-20-9-8-18(19)15-4-6-16(7-5-15)23-11-2-10-22-14-17-3-1-12-24-17/h1,3-7,12,18-21H,2,8-11,13-14H2. The van der Waals surface area contributed by atoms with E-state index < -0.39 is 0 Å². The Labute approximate surface area is 147 Å². The van der Waals surface area contributed by atoms with E-state index in [1.54, 1.807) is 11.3 Å². The van der Waals surface area contributed by atoms with Crippen LogP contribution in [0.2, 0.25) is 0 Å². The van der Waals surface area contributed by atoms with Gasteiger partial charge in [-0.2, -0.15) is 0 Å². The molecular formula is C19H25NO3S. The maximum atomic E-state index is 10.1. The minimum atomic E-state index is -0.300.